The van der Waals surface area contributed by atoms with Gasteiger partial charge in [0.25, 0.3) is 0 Å². The Bertz CT molecular complexity index is 161. The Morgan fingerprint density at radius 2 is 1.91 bits per heavy atom. The van der Waals surface area contributed by atoms with Crippen molar-refractivity contribution in [1.29, 1.82) is 0 Å². The highest BCUT2D eigenvalue weighted by Gasteiger charge is 2.33. The lowest BCUT2D eigenvalue weighted by atomic mass is 9.87. The third-order valence-electron chi connectivity index (χ3n) is 2.04. The largest absolute Gasteiger partial charge is 0.481 e. The summed E-state index contributed by atoms with van der Waals surface area (Å²) in [6.07, 6.45) is -2.90. The lowest BCUT2D eigenvalue weighted by molar-refractivity contribution is -0.144. The molecule has 0 aromatic rings. The molecule has 3 atom stereocenters. The molecule has 0 bridgehead atoms. The number of aliphatic carboxylic acids is 1. The number of carboxylic acid groups (broad SMARTS) is 1. The topological polar surface area (TPSA) is 37.3 Å². The second-order valence-electron chi connectivity index (χ2n) is 2.88. The van der Waals surface area contributed by atoms with Crippen LogP contribution in [0.15, 0.2) is 0 Å². The van der Waals surface area contributed by atoms with Gasteiger partial charge in [-0.1, -0.05) is 0 Å². The molecule has 64 valence electrons. The number of carboxylic acids is 1. The van der Waals surface area contributed by atoms with Crippen LogP contribution in [-0.2, 0) is 4.79 Å². The van der Waals surface area contributed by atoms with E-state index in [0.717, 1.165) is 0 Å². The summed E-state index contributed by atoms with van der Waals surface area (Å²) in [5, 5.41) is 8.45. The summed E-state index contributed by atoms with van der Waals surface area (Å²) in [5.41, 5.74) is 0. The van der Waals surface area contributed by atoms with Gasteiger partial charge in [0.2, 0.25) is 0 Å². The normalized spacial score (nSPS) is 38.5. The minimum Gasteiger partial charge on any atom is -0.481 e. The molecule has 0 saturated heterocycles. The molecule has 4 heteroatoms. The van der Waals surface area contributed by atoms with Crippen molar-refractivity contribution >= 4 is 5.97 Å². The van der Waals surface area contributed by atoms with Crippen LogP contribution in [0.25, 0.3) is 0 Å². The van der Waals surface area contributed by atoms with E-state index in [0.29, 0.717) is 0 Å². The highest BCUT2D eigenvalue weighted by Crippen LogP contribution is 2.28. The summed E-state index contributed by atoms with van der Waals surface area (Å²) in [5.74, 6) is -1.70. The van der Waals surface area contributed by atoms with Gasteiger partial charge in [0, 0.05) is 0 Å². The first-order chi connectivity index (χ1) is 5.11. The van der Waals surface area contributed by atoms with Gasteiger partial charge in [-0.25, -0.2) is 8.78 Å². The van der Waals surface area contributed by atoms with E-state index in [-0.39, 0.29) is 19.3 Å². The van der Waals surface area contributed by atoms with Crippen LogP contribution in [0.1, 0.15) is 19.3 Å². The second kappa shape index (κ2) is 3.15. The predicted octanol–water partition coefficient (Wildman–Crippen LogP) is 1.55. The molecule has 0 amide bonds. The molecule has 0 radical (unpaired) electrons. The van der Waals surface area contributed by atoms with Gasteiger partial charge in [-0.05, 0) is 19.3 Å². The number of halogens is 2. The van der Waals surface area contributed by atoms with Crippen molar-refractivity contribution in [3.63, 3.8) is 0 Å². The van der Waals surface area contributed by atoms with Gasteiger partial charge in [0.1, 0.15) is 12.3 Å². The summed E-state index contributed by atoms with van der Waals surface area (Å²) in [6.45, 7) is 0. The smallest absolute Gasteiger partial charge is 0.306 e. The fourth-order valence-electron chi connectivity index (χ4n) is 1.30. The summed E-state index contributed by atoms with van der Waals surface area (Å²) in [4.78, 5) is 10.3. The Kier molecular flexibility index (Phi) is 2.42. The van der Waals surface area contributed by atoms with E-state index in [1.54, 1.807) is 0 Å². The van der Waals surface area contributed by atoms with Crippen LogP contribution in [0.5, 0.6) is 0 Å². The van der Waals surface area contributed by atoms with Gasteiger partial charge < -0.3 is 5.11 Å². The third-order valence-corrected chi connectivity index (χ3v) is 2.04. The average molecular weight is 164 g/mol. The van der Waals surface area contributed by atoms with Gasteiger partial charge in [-0.2, -0.15) is 0 Å². The van der Waals surface area contributed by atoms with Crippen molar-refractivity contribution in [3.05, 3.63) is 0 Å². The van der Waals surface area contributed by atoms with Gasteiger partial charge >= 0.3 is 5.97 Å². The molecule has 1 fully saturated rings. The Hall–Kier alpha value is -0.670. The van der Waals surface area contributed by atoms with E-state index in [4.69, 9.17) is 5.11 Å². The zero-order chi connectivity index (χ0) is 8.43. The van der Waals surface area contributed by atoms with E-state index in [1.807, 2.05) is 0 Å². The van der Waals surface area contributed by atoms with Crippen LogP contribution >= 0.6 is 0 Å². The molecule has 1 saturated carbocycles. The number of alkyl halides is 2. The number of rotatable bonds is 1. The summed E-state index contributed by atoms with van der Waals surface area (Å²) < 4.78 is 25.0. The molecule has 2 nitrogen and oxygen atoms in total. The molecule has 0 aromatic heterocycles. The van der Waals surface area contributed by atoms with E-state index in [9.17, 15) is 13.6 Å². The molecule has 11 heavy (non-hydrogen) atoms. The van der Waals surface area contributed by atoms with Crippen LogP contribution in [0, 0.1) is 5.92 Å². The molecule has 0 aliphatic heterocycles. The van der Waals surface area contributed by atoms with Crippen LogP contribution in [0.2, 0.25) is 0 Å². The van der Waals surface area contributed by atoms with Gasteiger partial charge in [0.15, 0.2) is 0 Å². The Morgan fingerprint density at radius 3 is 2.36 bits per heavy atom. The second-order valence-corrected chi connectivity index (χ2v) is 2.88. The minimum absolute atomic E-state index is 0.0398. The van der Waals surface area contributed by atoms with Gasteiger partial charge in [-0.15, -0.1) is 0 Å². The maximum Gasteiger partial charge on any atom is 0.306 e. The average Bonchev–Trinajstić information content (AvgIpc) is 1.94. The fraction of sp³-hybridized carbons (Fsp3) is 0.857. The van der Waals surface area contributed by atoms with Crippen molar-refractivity contribution < 1.29 is 18.7 Å². The van der Waals surface area contributed by atoms with Crippen molar-refractivity contribution in [1.82, 2.24) is 0 Å². The third kappa shape index (κ3) is 1.88. The van der Waals surface area contributed by atoms with E-state index >= 15 is 0 Å². The maximum atomic E-state index is 12.5. The van der Waals surface area contributed by atoms with Crippen LogP contribution < -0.4 is 0 Å². The first-order valence-corrected chi connectivity index (χ1v) is 3.62. The predicted molar refractivity (Wildman–Crippen MR) is 34.8 cm³/mol. The zero-order valence-electron chi connectivity index (χ0n) is 5.96. The quantitative estimate of drug-likeness (QED) is 0.638. The van der Waals surface area contributed by atoms with Gasteiger partial charge in [0.05, 0.1) is 5.92 Å². The molecular weight excluding hydrogens is 154 g/mol. The highest BCUT2D eigenvalue weighted by molar-refractivity contribution is 5.70. The summed E-state index contributed by atoms with van der Waals surface area (Å²) >= 11 is 0. The Balaban J connectivity index is 2.46. The van der Waals surface area contributed by atoms with Crippen molar-refractivity contribution in [3.8, 4) is 0 Å². The molecule has 1 aliphatic rings. The number of hydrogen-bond acceptors (Lipinski definition) is 1. The van der Waals surface area contributed by atoms with Crippen molar-refractivity contribution in [2.45, 2.75) is 31.6 Å². The standard InChI is InChI=1S/C7H10F2O2/c8-5-2-1-4(7(10)11)3-6(5)9/h4-6H,1-3H2,(H,10,11)/t4-,5-,6+/m1/s1. The monoisotopic (exact) mass is 164 g/mol. The van der Waals surface area contributed by atoms with Crippen molar-refractivity contribution in [2.75, 3.05) is 0 Å². The number of hydrogen-bond donors (Lipinski definition) is 1. The molecule has 1 aliphatic carbocycles. The molecule has 0 heterocycles. The molecular formula is C7H10F2O2. The molecule has 0 spiro atoms. The molecule has 1 rings (SSSR count). The van der Waals surface area contributed by atoms with Crippen LogP contribution in [0.3, 0.4) is 0 Å². The molecule has 1 N–H and O–H groups in total. The zero-order valence-corrected chi connectivity index (χ0v) is 5.96. The van der Waals surface area contributed by atoms with E-state index in [2.05, 4.69) is 0 Å². The molecule has 0 unspecified atom stereocenters. The minimum atomic E-state index is -1.58. The lowest BCUT2D eigenvalue weighted by Crippen LogP contribution is -2.31. The van der Waals surface area contributed by atoms with Gasteiger partial charge in [-0.3, -0.25) is 4.79 Å². The molecule has 0 aromatic carbocycles. The first kappa shape index (κ1) is 8.43. The SMILES string of the molecule is O=C(O)[C@@H]1CC[C@@H](F)[C@@H](F)C1. The highest BCUT2D eigenvalue weighted by atomic mass is 19.2. The summed E-state index contributed by atoms with van der Waals surface area (Å²) in [7, 11) is 0. The Labute approximate surface area is 63.2 Å². The lowest BCUT2D eigenvalue weighted by Gasteiger charge is -2.24. The van der Waals surface area contributed by atoms with E-state index < -0.39 is 24.2 Å². The Morgan fingerprint density at radius 1 is 1.27 bits per heavy atom. The first-order valence-electron chi connectivity index (χ1n) is 3.62. The fourth-order valence-corrected chi connectivity index (χ4v) is 1.30. The van der Waals surface area contributed by atoms with Crippen LogP contribution in [0.4, 0.5) is 8.78 Å². The summed E-state index contributed by atoms with van der Waals surface area (Å²) in [6, 6.07) is 0. The van der Waals surface area contributed by atoms with Crippen molar-refractivity contribution in [2.24, 2.45) is 5.92 Å². The number of carbonyl (C=O) groups is 1. The maximum absolute atomic E-state index is 12.5. The van der Waals surface area contributed by atoms with E-state index in [1.165, 1.54) is 0 Å². The van der Waals surface area contributed by atoms with Crippen LogP contribution in [-0.4, -0.2) is 23.4 Å².